The lowest BCUT2D eigenvalue weighted by atomic mass is 10.1. The number of H-pyrrole nitrogens is 1. The molecular weight excluding hydrogens is 268 g/mol. The standard InChI is InChI=1S/C12H11BrN2O/c1-7-5-9(13)3-4-10(7)12-14-8(2)6-11(16)15-12/h3-6H,1-2H3,(H,14,15,16). The van der Waals surface area contributed by atoms with Gasteiger partial charge in [-0.05, 0) is 37.6 Å². The molecule has 0 aliphatic heterocycles. The molecule has 0 unspecified atom stereocenters. The summed E-state index contributed by atoms with van der Waals surface area (Å²) in [5.74, 6) is 0.620. The summed E-state index contributed by atoms with van der Waals surface area (Å²) in [7, 11) is 0. The lowest BCUT2D eigenvalue weighted by molar-refractivity contribution is 1.07. The predicted octanol–water partition coefficient (Wildman–Crippen LogP) is 2.82. The molecule has 2 aromatic rings. The lowest BCUT2D eigenvalue weighted by Crippen LogP contribution is -2.08. The lowest BCUT2D eigenvalue weighted by Gasteiger charge is -2.05. The number of aromatic amines is 1. The fraction of sp³-hybridized carbons (Fsp3) is 0.167. The topological polar surface area (TPSA) is 45.8 Å². The van der Waals surface area contributed by atoms with Crippen LogP contribution in [0.4, 0.5) is 0 Å². The second-order valence-corrected chi connectivity index (χ2v) is 4.61. The van der Waals surface area contributed by atoms with E-state index >= 15 is 0 Å². The maximum atomic E-state index is 11.4. The largest absolute Gasteiger partial charge is 0.307 e. The first kappa shape index (κ1) is 11.1. The molecule has 0 aliphatic carbocycles. The van der Waals surface area contributed by atoms with Crippen molar-refractivity contribution < 1.29 is 0 Å². The Bertz CT molecular complexity index is 590. The smallest absolute Gasteiger partial charge is 0.251 e. The van der Waals surface area contributed by atoms with Gasteiger partial charge < -0.3 is 4.98 Å². The van der Waals surface area contributed by atoms with Crippen molar-refractivity contribution in [1.29, 1.82) is 0 Å². The van der Waals surface area contributed by atoms with Crippen LogP contribution in [0.2, 0.25) is 0 Å². The zero-order chi connectivity index (χ0) is 11.7. The van der Waals surface area contributed by atoms with Crippen LogP contribution in [0, 0.1) is 13.8 Å². The molecule has 0 saturated carbocycles. The Hall–Kier alpha value is -1.42. The van der Waals surface area contributed by atoms with Crippen LogP contribution in [0.1, 0.15) is 11.3 Å². The molecule has 1 aromatic carbocycles. The average Bonchev–Trinajstić information content (AvgIpc) is 2.15. The molecule has 82 valence electrons. The fourth-order valence-electron chi connectivity index (χ4n) is 1.60. The summed E-state index contributed by atoms with van der Waals surface area (Å²) in [6.45, 7) is 3.80. The molecule has 16 heavy (non-hydrogen) atoms. The Kier molecular flexibility index (Phi) is 2.92. The number of nitrogens with zero attached hydrogens (tertiary/aromatic N) is 1. The zero-order valence-corrected chi connectivity index (χ0v) is 10.6. The van der Waals surface area contributed by atoms with Gasteiger partial charge in [0.05, 0.1) is 0 Å². The summed E-state index contributed by atoms with van der Waals surface area (Å²) < 4.78 is 1.02. The monoisotopic (exact) mass is 278 g/mol. The van der Waals surface area contributed by atoms with Crippen LogP contribution in [0.5, 0.6) is 0 Å². The number of aromatic nitrogens is 2. The summed E-state index contributed by atoms with van der Waals surface area (Å²) in [4.78, 5) is 18.4. The van der Waals surface area contributed by atoms with Gasteiger partial charge in [0, 0.05) is 21.8 Å². The third-order valence-corrected chi connectivity index (χ3v) is 2.81. The minimum absolute atomic E-state index is 0.121. The molecule has 0 fully saturated rings. The Morgan fingerprint density at radius 2 is 2.00 bits per heavy atom. The number of benzene rings is 1. The minimum atomic E-state index is -0.121. The van der Waals surface area contributed by atoms with E-state index in [1.54, 1.807) is 0 Å². The second-order valence-electron chi connectivity index (χ2n) is 3.69. The van der Waals surface area contributed by atoms with E-state index in [0.29, 0.717) is 5.82 Å². The normalized spacial score (nSPS) is 10.4. The highest BCUT2D eigenvalue weighted by atomic mass is 79.9. The first-order valence-electron chi connectivity index (χ1n) is 4.91. The summed E-state index contributed by atoms with van der Waals surface area (Å²) in [6, 6.07) is 7.36. The first-order valence-corrected chi connectivity index (χ1v) is 5.70. The van der Waals surface area contributed by atoms with E-state index in [1.165, 1.54) is 6.07 Å². The van der Waals surface area contributed by atoms with Crippen molar-refractivity contribution >= 4 is 15.9 Å². The molecule has 3 nitrogen and oxygen atoms in total. The van der Waals surface area contributed by atoms with Crippen molar-refractivity contribution in [2.24, 2.45) is 0 Å². The van der Waals surface area contributed by atoms with E-state index in [4.69, 9.17) is 0 Å². The van der Waals surface area contributed by atoms with Crippen LogP contribution >= 0.6 is 15.9 Å². The van der Waals surface area contributed by atoms with Gasteiger partial charge in [-0.15, -0.1) is 0 Å². The van der Waals surface area contributed by atoms with Crippen molar-refractivity contribution in [1.82, 2.24) is 9.97 Å². The van der Waals surface area contributed by atoms with Crippen molar-refractivity contribution in [3.05, 3.63) is 50.3 Å². The second kappa shape index (κ2) is 4.22. The van der Waals surface area contributed by atoms with Crippen LogP contribution in [0.25, 0.3) is 11.4 Å². The first-order chi connectivity index (χ1) is 7.56. The molecule has 0 amide bonds. The summed E-state index contributed by atoms with van der Waals surface area (Å²) in [6.07, 6.45) is 0. The van der Waals surface area contributed by atoms with Gasteiger partial charge in [-0.25, -0.2) is 4.98 Å². The molecule has 0 bridgehead atoms. The average molecular weight is 279 g/mol. The zero-order valence-electron chi connectivity index (χ0n) is 9.04. The Morgan fingerprint density at radius 3 is 2.62 bits per heavy atom. The molecule has 2 rings (SSSR count). The highest BCUT2D eigenvalue weighted by Crippen LogP contribution is 2.22. The SMILES string of the molecule is Cc1cc(=O)[nH]c(-c2ccc(Br)cc2C)n1. The molecule has 0 saturated heterocycles. The van der Waals surface area contributed by atoms with E-state index in [-0.39, 0.29) is 5.56 Å². The molecule has 0 spiro atoms. The van der Waals surface area contributed by atoms with Gasteiger partial charge in [-0.1, -0.05) is 15.9 Å². The molecular formula is C12H11BrN2O. The maximum Gasteiger partial charge on any atom is 0.251 e. The van der Waals surface area contributed by atoms with Gasteiger partial charge in [-0.3, -0.25) is 4.79 Å². The molecule has 0 atom stereocenters. The van der Waals surface area contributed by atoms with Crippen LogP contribution in [0.15, 0.2) is 33.5 Å². The van der Waals surface area contributed by atoms with Crippen molar-refractivity contribution in [2.45, 2.75) is 13.8 Å². The number of nitrogens with one attached hydrogen (secondary N) is 1. The van der Waals surface area contributed by atoms with E-state index in [9.17, 15) is 4.79 Å². The molecule has 1 heterocycles. The molecule has 0 radical (unpaired) electrons. The Balaban J connectivity index is 2.63. The quantitative estimate of drug-likeness (QED) is 0.872. The van der Waals surface area contributed by atoms with E-state index < -0.39 is 0 Å². The number of aryl methyl sites for hydroxylation is 2. The van der Waals surface area contributed by atoms with Crippen molar-refractivity contribution in [3.8, 4) is 11.4 Å². The van der Waals surface area contributed by atoms with Crippen LogP contribution < -0.4 is 5.56 Å². The number of rotatable bonds is 1. The van der Waals surface area contributed by atoms with Crippen molar-refractivity contribution in [2.75, 3.05) is 0 Å². The van der Waals surface area contributed by atoms with Crippen LogP contribution in [-0.4, -0.2) is 9.97 Å². The maximum absolute atomic E-state index is 11.4. The Morgan fingerprint density at radius 1 is 1.25 bits per heavy atom. The number of hydrogen-bond acceptors (Lipinski definition) is 2. The number of halogens is 1. The highest BCUT2D eigenvalue weighted by molar-refractivity contribution is 9.10. The van der Waals surface area contributed by atoms with Crippen LogP contribution in [0.3, 0.4) is 0 Å². The summed E-state index contributed by atoms with van der Waals surface area (Å²) in [5.41, 5.74) is 2.62. The fourth-order valence-corrected chi connectivity index (χ4v) is 2.07. The molecule has 4 heteroatoms. The minimum Gasteiger partial charge on any atom is -0.307 e. The molecule has 1 N–H and O–H groups in total. The third-order valence-electron chi connectivity index (χ3n) is 2.31. The molecule has 1 aromatic heterocycles. The van der Waals surface area contributed by atoms with Gasteiger partial charge in [0.2, 0.25) is 0 Å². The van der Waals surface area contributed by atoms with Crippen LogP contribution in [-0.2, 0) is 0 Å². The highest BCUT2D eigenvalue weighted by Gasteiger charge is 2.05. The van der Waals surface area contributed by atoms with Gasteiger partial charge in [0.25, 0.3) is 5.56 Å². The molecule has 0 aliphatic rings. The summed E-state index contributed by atoms with van der Waals surface area (Å²) >= 11 is 3.41. The van der Waals surface area contributed by atoms with Gasteiger partial charge in [0.1, 0.15) is 5.82 Å². The van der Waals surface area contributed by atoms with Gasteiger partial charge >= 0.3 is 0 Å². The Labute approximate surface area is 102 Å². The predicted molar refractivity (Wildman–Crippen MR) is 67.5 cm³/mol. The van der Waals surface area contributed by atoms with E-state index in [2.05, 4.69) is 25.9 Å². The van der Waals surface area contributed by atoms with Gasteiger partial charge in [0.15, 0.2) is 0 Å². The number of hydrogen-bond donors (Lipinski definition) is 1. The van der Waals surface area contributed by atoms with Crippen molar-refractivity contribution in [3.63, 3.8) is 0 Å². The third kappa shape index (κ3) is 2.22. The summed E-state index contributed by atoms with van der Waals surface area (Å²) in [5, 5.41) is 0. The van der Waals surface area contributed by atoms with E-state index in [1.807, 2.05) is 32.0 Å². The van der Waals surface area contributed by atoms with E-state index in [0.717, 1.165) is 21.3 Å². The van der Waals surface area contributed by atoms with Gasteiger partial charge in [-0.2, -0.15) is 0 Å².